The lowest BCUT2D eigenvalue weighted by molar-refractivity contribution is -0.118. The Morgan fingerprint density at radius 3 is 2.52 bits per heavy atom. The van der Waals surface area contributed by atoms with Crippen molar-refractivity contribution in [3.05, 3.63) is 51.0 Å². The molecule has 0 aliphatic carbocycles. The molecule has 0 radical (unpaired) electrons. The first-order chi connectivity index (χ1) is 12.7. The lowest BCUT2D eigenvalue weighted by Gasteiger charge is -2.19. The summed E-state index contributed by atoms with van der Waals surface area (Å²) >= 11 is 1.59. The van der Waals surface area contributed by atoms with Crippen molar-refractivity contribution >= 4 is 35.2 Å². The van der Waals surface area contributed by atoms with E-state index in [1.807, 2.05) is 19.1 Å². The van der Waals surface area contributed by atoms with E-state index in [1.54, 1.807) is 37.7 Å². The van der Waals surface area contributed by atoms with E-state index < -0.39 is 0 Å². The van der Waals surface area contributed by atoms with Gasteiger partial charge in [-0.25, -0.2) is 4.98 Å². The van der Waals surface area contributed by atoms with E-state index in [0.29, 0.717) is 23.3 Å². The molecular weight excluding hydrogens is 360 g/mol. The van der Waals surface area contributed by atoms with Crippen molar-refractivity contribution in [1.29, 1.82) is 0 Å². The molecule has 0 fully saturated rings. The Morgan fingerprint density at radius 1 is 1.30 bits per heavy atom. The average Bonchev–Trinajstić information content (AvgIpc) is 3.25. The number of rotatable bonds is 6. The van der Waals surface area contributed by atoms with Gasteiger partial charge in [0.05, 0.1) is 17.7 Å². The van der Waals surface area contributed by atoms with Crippen LogP contribution in [0, 0.1) is 6.92 Å². The largest absolute Gasteiger partial charge is 0.384 e. The van der Waals surface area contributed by atoms with Crippen molar-refractivity contribution in [2.75, 3.05) is 7.05 Å². The van der Waals surface area contributed by atoms with Gasteiger partial charge >= 0.3 is 0 Å². The molecule has 2 heterocycles. The highest BCUT2D eigenvalue weighted by Gasteiger charge is 2.23. The van der Waals surface area contributed by atoms with Crippen LogP contribution in [-0.4, -0.2) is 29.2 Å². The third-order valence-electron chi connectivity index (χ3n) is 4.08. The summed E-state index contributed by atoms with van der Waals surface area (Å²) in [4.78, 5) is 33.9. The van der Waals surface area contributed by atoms with Gasteiger partial charge in [-0.3, -0.25) is 9.59 Å². The van der Waals surface area contributed by atoms with Crippen LogP contribution in [0.25, 0.3) is 11.6 Å². The zero-order valence-electron chi connectivity index (χ0n) is 16.6. The number of aromatic nitrogens is 2. The second-order valence-electron chi connectivity index (χ2n) is 7.24. The number of allylic oxidation sites excluding steroid dienone is 2. The lowest BCUT2D eigenvalue weighted by atomic mass is 9.89. The number of hydrogen-bond donors (Lipinski definition) is 3. The Bertz CT molecular complexity index is 897. The molecule has 0 saturated heterocycles. The topological polar surface area (TPSA) is 86.9 Å². The number of aromatic amines is 1. The summed E-state index contributed by atoms with van der Waals surface area (Å²) in [6.07, 6.45) is 4.01. The molecule has 0 spiro atoms. The van der Waals surface area contributed by atoms with Gasteiger partial charge in [0.15, 0.2) is 6.29 Å². The monoisotopic (exact) mass is 386 g/mol. The van der Waals surface area contributed by atoms with Crippen LogP contribution in [0.15, 0.2) is 29.9 Å². The number of hydrogen-bond acceptors (Lipinski definition) is 5. The van der Waals surface area contributed by atoms with Gasteiger partial charge in [0.1, 0.15) is 5.70 Å². The fraction of sp³-hybridized carbons (Fsp3) is 0.350. The molecule has 27 heavy (non-hydrogen) atoms. The summed E-state index contributed by atoms with van der Waals surface area (Å²) in [5.74, 6) is -0.377. The van der Waals surface area contributed by atoms with Crippen LogP contribution in [0.3, 0.4) is 0 Å². The second kappa shape index (κ2) is 8.35. The van der Waals surface area contributed by atoms with E-state index >= 15 is 0 Å². The molecule has 3 N–H and O–H groups in total. The molecule has 2 aromatic heterocycles. The van der Waals surface area contributed by atoms with E-state index in [9.17, 15) is 9.59 Å². The first-order valence-corrected chi connectivity index (χ1v) is 9.46. The minimum Gasteiger partial charge on any atom is -0.384 e. The van der Waals surface area contributed by atoms with Crippen LogP contribution in [0.5, 0.6) is 0 Å². The van der Waals surface area contributed by atoms with Crippen molar-refractivity contribution in [2.24, 2.45) is 0 Å². The molecule has 1 amide bonds. The number of aryl methyl sites for hydroxylation is 1. The number of aldehydes is 1. The summed E-state index contributed by atoms with van der Waals surface area (Å²) in [6.45, 7) is 9.96. The van der Waals surface area contributed by atoms with Crippen LogP contribution in [0.1, 0.15) is 48.8 Å². The van der Waals surface area contributed by atoms with Crippen LogP contribution >= 0.6 is 11.3 Å². The first-order valence-electron chi connectivity index (χ1n) is 8.65. The maximum atomic E-state index is 12.7. The fourth-order valence-electron chi connectivity index (χ4n) is 2.60. The van der Waals surface area contributed by atoms with E-state index in [0.717, 1.165) is 15.4 Å². The van der Waals surface area contributed by atoms with Gasteiger partial charge in [0.25, 0.3) is 5.91 Å². The fourth-order valence-corrected chi connectivity index (χ4v) is 3.42. The highest BCUT2D eigenvalue weighted by atomic mass is 32.1. The Labute approximate surface area is 163 Å². The van der Waals surface area contributed by atoms with Crippen LogP contribution < -0.4 is 10.6 Å². The minimum absolute atomic E-state index is 0.168. The summed E-state index contributed by atoms with van der Waals surface area (Å²) in [6, 6.07) is 3.94. The van der Waals surface area contributed by atoms with E-state index in [-0.39, 0.29) is 17.0 Å². The average molecular weight is 387 g/mol. The van der Waals surface area contributed by atoms with Crippen LogP contribution in [0.2, 0.25) is 0 Å². The normalized spacial score (nSPS) is 13.2. The molecule has 2 aromatic rings. The van der Waals surface area contributed by atoms with Crippen molar-refractivity contribution < 1.29 is 9.59 Å². The molecule has 0 atom stereocenters. The number of thiophene rings is 1. The first kappa shape index (κ1) is 20.6. The van der Waals surface area contributed by atoms with E-state index in [1.165, 1.54) is 0 Å². The van der Waals surface area contributed by atoms with Crippen molar-refractivity contribution in [3.63, 3.8) is 0 Å². The van der Waals surface area contributed by atoms with Gasteiger partial charge < -0.3 is 15.6 Å². The zero-order chi connectivity index (χ0) is 20.2. The highest BCUT2D eigenvalue weighted by Crippen LogP contribution is 2.28. The molecular formula is C20H26N4O2S. The summed E-state index contributed by atoms with van der Waals surface area (Å²) < 4.78 is 0. The van der Waals surface area contributed by atoms with Gasteiger partial charge in [-0.15, -0.1) is 11.3 Å². The number of H-pyrrole nitrogens is 1. The number of nitrogens with one attached hydrogen (secondary N) is 3. The smallest absolute Gasteiger partial charge is 0.271 e. The zero-order valence-corrected chi connectivity index (χ0v) is 17.4. The number of imidazole rings is 1. The Balaban J connectivity index is 2.33. The predicted molar refractivity (Wildman–Crippen MR) is 110 cm³/mol. The molecule has 2 rings (SSSR count). The van der Waals surface area contributed by atoms with Gasteiger partial charge in [-0.1, -0.05) is 20.8 Å². The number of carbonyl (C=O) groups excluding carboxylic acids is 2. The Hall–Kier alpha value is -2.67. The van der Waals surface area contributed by atoms with Crippen LogP contribution in [0.4, 0.5) is 0 Å². The minimum atomic E-state index is -0.377. The van der Waals surface area contributed by atoms with Gasteiger partial charge in [0.2, 0.25) is 0 Å². The Morgan fingerprint density at radius 2 is 2.00 bits per heavy atom. The standard InChI is InChI=1S/C20H26N4O2S/c1-12-7-8-14(27-12)9-15(21-6)19(26)24-16(10-25)13(2)17-18(20(3,4)5)23-11-22-17/h7-11,21H,1-6H3,(H,22,23)(H,24,26)/b15-9-,16-13-. The molecule has 144 valence electrons. The third kappa shape index (κ3) is 4.95. The Kier molecular flexibility index (Phi) is 6.38. The van der Waals surface area contributed by atoms with Gasteiger partial charge in [0, 0.05) is 33.5 Å². The summed E-state index contributed by atoms with van der Waals surface area (Å²) in [5, 5.41) is 5.60. The number of carbonyl (C=O) groups is 2. The van der Waals surface area contributed by atoms with E-state index in [4.69, 9.17) is 0 Å². The summed E-state index contributed by atoms with van der Waals surface area (Å²) in [7, 11) is 1.68. The summed E-state index contributed by atoms with van der Waals surface area (Å²) in [5.41, 5.74) is 2.61. The van der Waals surface area contributed by atoms with E-state index in [2.05, 4.69) is 41.4 Å². The number of likely N-dealkylation sites (N-methyl/N-ethyl adjacent to an activating group) is 1. The van der Waals surface area contributed by atoms with Crippen LogP contribution in [-0.2, 0) is 15.0 Å². The maximum absolute atomic E-state index is 12.7. The molecule has 0 bridgehead atoms. The molecule has 0 aromatic carbocycles. The highest BCUT2D eigenvalue weighted by molar-refractivity contribution is 7.12. The van der Waals surface area contributed by atoms with Gasteiger partial charge in [-0.2, -0.15) is 0 Å². The predicted octanol–water partition coefficient (Wildman–Crippen LogP) is 3.38. The number of nitrogens with zero attached hydrogens (tertiary/aromatic N) is 1. The quantitative estimate of drug-likeness (QED) is 0.525. The molecule has 0 aliphatic heterocycles. The maximum Gasteiger partial charge on any atom is 0.271 e. The molecule has 0 unspecified atom stereocenters. The van der Waals surface area contributed by atoms with Crippen molar-refractivity contribution in [1.82, 2.24) is 20.6 Å². The third-order valence-corrected chi connectivity index (χ3v) is 5.02. The molecule has 7 heteroatoms. The molecule has 0 saturated carbocycles. The SMILES string of the molecule is CN/C(=C\c1ccc(C)s1)C(=O)N/C(C=O)=C(/C)c1nc[nH]c1C(C)(C)C. The number of amides is 1. The van der Waals surface area contributed by atoms with Gasteiger partial charge in [-0.05, 0) is 32.1 Å². The second-order valence-corrected chi connectivity index (χ2v) is 8.56. The molecule has 0 aliphatic rings. The van der Waals surface area contributed by atoms with Crippen molar-refractivity contribution in [3.8, 4) is 0 Å². The lowest BCUT2D eigenvalue weighted by Crippen LogP contribution is -2.31. The van der Waals surface area contributed by atoms with Crippen molar-refractivity contribution in [2.45, 2.75) is 40.0 Å². The molecule has 6 nitrogen and oxygen atoms in total.